The van der Waals surface area contributed by atoms with Gasteiger partial charge in [0.15, 0.2) is 17.8 Å². The molecule has 0 aliphatic rings. The quantitative estimate of drug-likeness (QED) is 0.435. The topological polar surface area (TPSA) is 97.1 Å². The lowest BCUT2D eigenvalue weighted by Gasteiger charge is -2.11. The molecule has 0 saturated heterocycles. The van der Waals surface area contributed by atoms with E-state index in [9.17, 15) is 9.59 Å². The molecule has 162 valence electrons. The first-order valence-electron chi connectivity index (χ1n) is 9.87. The normalized spacial score (nSPS) is 11.4. The second-order valence-corrected chi connectivity index (χ2v) is 7.67. The highest BCUT2D eigenvalue weighted by molar-refractivity contribution is 6.30. The van der Waals surface area contributed by atoms with Crippen molar-refractivity contribution in [2.45, 2.75) is 40.0 Å². The van der Waals surface area contributed by atoms with Crippen LogP contribution >= 0.6 is 11.6 Å². The predicted molar refractivity (Wildman–Crippen MR) is 116 cm³/mol. The fourth-order valence-electron chi connectivity index (χ4n) is 3.40. The van der Waals surface area contributed by atoms with E-state index in [0.29, 0.717) is 41.7 Å². The highest BCUT2D eigenvalue weighted by atomic mass is 35.5. The standard InChI is InChI=1S/C21H22ClN5O4/c1-4-9-26-19(28)17-18(25(3)21(26)29)24-20(30-12-16-23-10-13(2)31-16)27(17)11-14-5-7-15(22)8-6-14/h5-8,10H,4,9,11-12H2,1-3H3. The molecule has 9 nitrogen and oxygen atoms in total. The summed E-state index contributed by atoms with van der Waals surface area (Å²) in [6.45, 7) is 4.37. The lowest BCUT2D eigenvalue weighted by Crippen LogP contribution is -2.39. The van der Waals surface area contributed by atoms with Crippen molar-refractivity contribution >= 4 is 22.8 Å². The summed E-state index contributed by atoms with van der Waals surface area (Å²) in [5.74, 6) is 1.05. The van der Waals surface area contributed by atoms with Gasteiger partial charge in [-0.2, -0.15) is 4.98 Å². The average Bonchev–Trinajstić information content (AvgIpc) is 3.33. The number of halogens is 1. The van der Waals surface area contributed by atoms with E-state index in [1.165, 1.54) is 9.13 Å². The van der Waals surface area contributed by atoms with Gasteiger partial charge in [-0.15, -0.1) is 0 Å². The number of hydrogen-bond donors (Lipinski definition) is 0. The molecule has 3 aromatic heterocycles. The van der Waals surface area contributed by atoms with E-state index >= 15 is 0 Å². The molecule has 0 saturated carbocycles. The van der Waals surface area contributed by atoms with Gasteiger partial charge in [0.25, 0.3) is 11.6 Å². The van der Waals surface area contributed by atoms with E-state index in [-0.39, 0.29) is 18.3 Å². The summed E-state index contributed by atoms with van der Waals surface area (Å²) in [7, 11) is 1.59. The van der Waals surface area contributed by atoms with E-state index < -0.39 is 11.2 Å². The van der Waals surface area contributed by atoms with Crippen LogP contribution in [0.25, 0.3) is 11.2 Å². The Morgan fingerprint density at radius 2 is 1.90 bits per heavy atom. The zero-order valence-corrected chi connectivity index (χ0v) is 18.2. The van der Waals surface area contributed by atoms with Crippen molar-refractivity contribution in [3.05, 3.63) is 73.5 Å². The molecule has 31 heavy (non-hydrogen) atoms. The first-order valence-corrected chi connectivity index (χ1v) is 10.3. The number of ether oxygens (including phenoxy) is 1. The van der Waals surface area contributed by atoms with Gasteiger partial charge in [-0.25, -0.2) is 9.78 Å². The van der Waals surface area contributed by atoms with Gasteiger partial charge >= 0.3 is 5.69 Å². The summed E-state index contributed by atoms with van der Waals surface area (Å²) < 4.78 is 15.6. The van der Waals surface area contributed by atoms with Crippen LogP contribution in [0.4, 0.5) is 0 Å². The Hall–Kier alpha value is -3.33. The summed E-state index contributed by atoms with van der Waals surface area (Å²) in [6.07, 6.45) is 2.25. The van der Waals surface area contributed by atoms with Gasteiger partial charge in [-0.3, -0.25) is 18.5 Å². The molecule has 0 atom stereocenters. The van der Waals surface area contributed by atoms with Crippen LogP contribution in [0.2, 0.25) is 5.02 Å². The van der Waals surface area contributed by atoms with Gasteiger partial charge in [0.1, 0.15) is 5.76 Å². The van der Waals surface area contributed by atoms with E-state index in [0.717, 1.165) is 5.56 Å². The number of imidazole rings is 1. The van der Waals surface area contributed by atoms with Crippen molar-refractivity contribution in [2.24, 2.45) is 7.05 Å². The molecule has 0 aliphatic heterocycles. The zero-order valence-electron chi connectivity index (χ0n) is 17.5. The highest BCUT2D eigenvalue weighted by Gasteiger charge is 2.21. The van der Waals surface area contributed by atoms with Crippen molar-refractivity contribution in [1.82, 2.24) is 23.7 Å². The Kier molecular flexibility index (Phi) is 5.69. The molecule has 4 aromatic rings. The molecule has 0 unspecified atom stereocenters. The van der Waals surface area contributed by atoms with Crippen LogP contribution in [0.15, 0.2) is 44.5 Å². The fourth-order valence-corrected chi connectivity index (χ4v) is 3.52. The van der Waals surface area contributed by atoms with Gasteiger partial charge in [-0.1, -0.05) is 30.7 Å². The molecule has 0 fully saturated rings. The predicted octanol–water partition coefficient (Wildman–Crippen LogP) is 2.88. The number of nitrogens with zero attached hydrogens (tertiary/aromatic N) is 5. The average molecular weight is 444 g/mol. The van der Waals surface area contributed by atoms with Crippen molar-refractivity contribution in [3.8, 4) is 6.01 Å². The summed E-state index contributed by atoms with van der Waals surface area (Å²) >= 11 is 6.01. The van der Waals surface area contributed by atoms with Crippen LogP contribution in [-0.2, 0) is 26.7 Å². The fraction of sp³-hybridized carbons (Fsp3) is 0.333. The molecular formula is C21H22ClN5O4. The van der Waals surface area contributed by atoms with Gasteiger partial charge in [0.05, 0.1) is 12.7 Å². The van der Waals surface area contributed by atoms with E-state index in [4.69, 9.17) is 20.8 Å². The molecule has 3 heterocycles. The molecule has 1 aromatic carbocycles. The third-order valence-electron chi connectivity index (χ3n) is 4.89. The van der Waals surface area contributed by atoms with E-state index in [1.807, 2.05) is 19.1 Å². The first-order chi connectivity index (χ1) is 14.9. The molecule has 4 rings (SSSR count). The lowest BCUT2D eigenvalue weighted by molar-refractivity contribution is 0.234. The maximum atomic E-state index is 13.2. The molecule has 0 amide bonds. The highest BCUT2D eigenvalue weighted by Crippen LogP contribution is 2.21. The Balaban J connectivity index is 1.86. The third-order valence-corrected chi connectivity index (χ3v) is 5.14. The molecule has 0 spiro atoms. The smallest absolute Gasteiger partial charge is 0.332 e. The van der Waals surface area contributed by atoms with Crippen LogP contribution in [0.3, 0.4) is 0 Å². The second kappa shape index (κ2) is 8.43. The number of fused-ring (bicyclic) bond motifs is 1. The maximum Gasteiger partial charge on any atom is 0.332 e. The summed E-state index contributed by atoms with van der Waals surface area (Å²) in [4.78, 5) is 34.5. The lowest BCUT2D eigenvalue weighted by atomic mass is 10.2. The number of hydrogen-bond acceptors (Lipinski definition) is 6. The largest absolute Gasteiger partial charge is 0.455 e. The van der Waals surface area contributed by atoms with Crippen LogP contribution in [0, 0.1) is 6.92 Å². The van der Waals surface area contributed by atoms with Crippen molar-refractivity contribution < 1.29 is 9.15 Å². The minimum atomic E-state index is -0.412. The molecule has 0 bridgehead atoms. The number of benzene rings is 1. The van der Waals surface area contributed by atoms with Crippen molar-refractivity contribution in [2.75, 3.05) is 0 Å². The van der Waals surface area contributed by atoms with Crippen LogP contribution in [0.5, 0.6) is 6.01 Å². The van der Waals surface area contributed by atoms with Crippen LogP contribution < -0.4 is 16.0 Å². The number of rotatable bonds is 7. The first kappa shape index (κ1) is 20.9. The minimum absolute atomic E-state index is 0.0366. The Morgan fingerprint density at radius 3 is 2.55 bits per heavy atom. The van der Waals surface area contributed by atoms with Crippen LogP contribution in [0.1, 0.15) is 30.6 Å². The van der Waals surface area contributed by atoms with Gasteiger partial charge < -0.3 is 9.15 Å². The van der Waals surface area contributed by atoms with E-state index in [2.05, 4.69) is 9.97 Å². The summed E-state index contributed by atoms with van der Waals surface area (Å²) in [6, 6.07) is 7.47. The molecule has 0 radical (unpaired) electrons. The molecule has 10 heteroatoms. The van der Waals surface area contributed by atoms with Crippen molar-refractivity contribution in [1.29, 1.82) is 0 Å². The Bertz CT molecular complexity index is 1350. The molecule has 0 aliphatic carbocycles. The molecular weight excluding hydrogens is 422 g/mol. The minimum Gasteiger partial charge on any atom is -0.455 e. The maximum absolute atomic E-state index is 13.2. The summed E-state index contributed by atoms with van der Waals surface area (Å²) in [5, 5.41) is 0.614. The van der Waals surface area contributed by atoms with Crippen LogP contribution in [-0.4, -0.2) is 23.7 Å². The van der Waals surface area contributed by atoms with Gasteiger partial charge in [0, 0.05) is 18.6 Å². The monoisotopic (exact) mass is 443 g/mol. The number of aryl methyl sites for hydroxylation is 2. The number of aromatic nitrogens is 5. The summed E-state index contributed by atoms with van der Waals surface area (Å²) in [5.41, 5.74) is 0.642. The second-order valence-electron chi connectivity index (χ2n) is 7.23. The molecule has 0 N–H and O–H groups in total. The third kappa shape index (κ3) is 4.00. The Labute approximate surface area is 182 Å². The van der Waals surface area contributed by atoms with Gasteiger partial charge in [0.2, 0.25) is 5.89 Å². The van der Waals surface area contributed by atoms with E-state index in [1.54, 1.807) is 36.9 Å². The Morgan fingerprint density at radius 1 is 1.16 bits per heavy atom. The zero-order chi connectivity index (χ0) is 22.1. The SMILES string of the molecule is CCCn1c(=O)c2c(nc(OCc3ncc(C)o3)n2Cc2ccc(Cl)cc2)n(C)c1=O. The van der Waals surface area contributed by atoms with Gasteiger partial charge in [-0.05, 0) is 31.0 Å². The van der Waals surface area contributed by atoms with Crippen molar-refractivity contribution in [3.63, 3.8) is 0 Å². The number of oxazole rings is 1.